The highest BCUT2D eigenvalue weighted by Gasteiger charge is 2.23. The highest BCUT2D eigenvalue weighted by Crippen LogP contribution is 2.28. The topological polar surface area (TPSA) is 83.6 Å². The van der Waals surface area contributed by atoms with Gasteiger partial charge in [-0.05, 0) is 48.9 Å². The molecule has 3 N–H and O–H groups in total. The predicted molar refractivity (Wildman–Crippen MR) is 110 cm³/mol. The van der Waals surface area contributed by atoms with Crippen LogP contribution in [-0.2, 0) is 4.79 Å². The third-order valence-corrected chi connectivity index (χ3v) is 5.32. The van der Waals surface area contributed by atoms with E-state index in [-0.39, 0.29) is 24.3 Å². The van der Waals surface area contributed by atoms with Crippen LogP contribution in [0.1, 0.15) is 49.3 Å². The summed E-state index contributed by atoms with van der Waals surface area (Å²) < 4.78 is 0.955. The number of halogens is 1. The highest BCUT2D eigenvalue weighted by molar-refractivity contribution is 9.10. The molecule has 0 aliphatic carbocycles. The third kappa shape index (κ3) is 6.40. The first-order chi connectivity index (χ1) is 12.9. The number of benzene rings is 2. The Morgan fingerprint density at radius 1 is 1.04 bits per heavy atom. The van der Waals surface area contributed by atoms with E-state index in [0.717, 1.165) is 15.6 Å². The summed E-state index contributed by atoms with van der Waals surface area (Å²) in [5.74, 6) is -0.257. The van der Waals surface area contributed by atoms with Gasteiger partial charge in [-0.3, -0.25) is 4.79 Å². The minimum Gasteiger partial charge on any atom is -0.465 e. The number of carboxylic acid groups (broad SMARTS) is 1. The summed E-state index contributed by atoms with van der Waals surface area (Å²) in [7, 11) is 0. The summed E-state index contributed by atoms with van der Waals surface area (Å²) >= 11 is 3.40. The molecule has 0 radical (unpaired) electrons. The van der Waals surface area contributed by atoms with Gasteiger partial charge >= 0.3 is 6.09 Å². The number of carbonyl (C=O) groups is 2. The largest absolute Gasteiger partial charge is 0.465 e. The summed E-state index contributed by atoms with van der Waals surface area (Å²) in [6.07, 6.45) is 0.575. The molecule has 0 fully saturated rings. The van der Waals surface area contributed by atoms with Crippen LogP contribution in [0.4, 0.5) is 4.79 Å². The van der Waals surface area contributed by atoms with Gasteiger partial charge in [0.15, 0.2) is 0 Å². The van der Waals surface area contributed by atoms with Crippen molar-refractivity contribution in [3.8, 4) is 0 Å². The van der Waals surface area contributed by atoms with Crippen LogP contribution in [-0.4, -0.2) is 28.6 Å². The normalized spacial score (nSPS) is 13.0. The van der Waals surface area contributed by atoms with E-state index in [1.54, 1.807) is 0 Å². The van der Waals surface area contributed by atoms with Gasteiger partial charge in [-0.1, -0.05) is 58.4 Å². The summed E-state index contributed by atoms with van der Waals surface area (Å²) in [5.41, 5.74) is 7.35. The molecule has 0 aromatic heterocycles. The average Bonchev–Trinajstić information content (AvgIpc) is 2.65. The minimum absolute atomic E-state index is 0.0812. The van der Waals surface area contributed by atoms with Crippen LogP contribution >= 0.6 is 15.9 Å². The zero-order valence-corrected chi connectivity index (χ0v) is 16.9. The van der Waals surface area contributed by atoms with E-state index < -0.39 is 6.09 Å². The molecule has 2 aromatic rings. The van der Waals surface area contributed by atoms with Crippen LogP contribution in [0.2, 0.25) is 0 Å². The van der Waals surface area contributed by atoms with Gasteiger partial charge in [0, 0.05) is 17.4 Å². The summed E-state index contributed by atoms with van der Waals surface area (Å²) in [6.45, 7) is 2.27. The molecule has 2 atom stereocenters. The third-order valence-electron chi connectivity index (χ3n) is 4.79. The fourth-order valence-corrected chi connectivity index (χ4v) is 3.45. The van der Waals surface area contributed by atoms with Crippen molar-refractivity contribution in [3.63, 3.8) is 0 Å². The SMILES string of the molecule is C[C@@H](c1ccc(Br)cc1)N(CC[C@H](CCC(N)=O)c1ccccc1)C(=O)O. The van der Waals surface area contributed by atoms with Gasteiger partial charge in [-0.25, -0.2) is 4.79 Å². The summed E-state index contributed by atoms with van der Waals surface area (Å²) in [6, 6.07) is 17.3. The van der Waals surface area contributed by atoms with E-state index in [1.165, 1.54) is 4.90 Å². The van der Waals surface area contributed by atoms with Crippen LogP contribution < -0.4 is 5.73 Å². The molecule has 0 spiro atoms. The van der Waals surface area contributed by atoms with E-state index >= 15 is 0 Å². The van der Waals surface area contributed by atoms with Gasteiger partial charge in [0.25, 0.3) is 0 Å². The molecule has 0 saturated heterocycles. The monoisotopic (exact) mass is 432 g/mol. The van der Waals surface area contributed by atoms with Crippen molar-refractivity contribution >= 4 is 27.9 Å². The molecule has 0 unspecified atom stereocenters. The van der Waals surface area contributed by atoms with Gasteiger partial charge in [-0.2, -0.15) is 0 Å². The first kappa shape index (κ1) is 21.0. The molecule has 0 saturated carbocycles. The second kappa shape index (κ2) is 10.1. The molecule has 0 bridgehead atoms. The second-order valence-corrected chi connectivity index (χ2v) is 7.52. The van der Waals surface area contributed by atoms with Crippen molar-refractivity contribution in [2.75, 3.05) is 6.54 Å². The molecule has 0 aliphatic heterocycles. The predicted octanol–water partition coefficient (Wildman–Crippen LogP) is 4.93. The number of amides is 2. The zero-order valence-electron chi connectivity index (χ0n) is 15.3. The molecular weight excluding hydrogens is 408 g/mol. The Hall–Kier alpha value is -2.34. The quantitative estimate of drug-likeness (QED) is 0.588. The van der Waals surface area contributed by atoms with Crippen LogP contribution in [0, 0.1) is 0 Å². The van der Waals surface area contributed by atoms with Crippen molar-refractivity contribution in [2.45, 2.75) is 38.1 Å². The Morgan fingerprint density at radius 3 is 2.22 bits per heavy atom. The molecule has 2 rings (SSSR count). The maximum atomic E-state index is 11.8. The average molecular weight is 433 g/mol. The van der Waals surface area contributed by atoms with Gasteiger partial charge in [0.1, 0.15) is 0 Å². The lowest BCUT2D eigenvalue weighted by Crippen LogP contribution is -2.34. The van der Waals surface area contributed by atoms with Crippen molar-refractivity contribution < 1.29 is 14.7 Å². The summed E-state index contributed by atoms with van der Waals surface area (Å²) in [5, 5.41) is 9.70. The fourth-order valence-electron chi connectivity index (χ4n) is 3.19. The van der Waals surface area contributed by atoms with E-state index in [9.17, 15) is 14.7 Å². The fraction of sp³-hybridized carbons (Fsp3) is 0.333. The Bertz CT molecular complexity index is 750. The van der Waals surface area contributed by atoms with E-state index in [2.05, 4.69) is 15.9 Å². The number of hydrogen-bond donors (Lipinski definition) is 2. The van der Waals surface area contributed by atoms with E-state index in [1.807, 2.05) is 61.5 Å². The molecule has 5 nitrogen and oxygen atoms in total. The van der Waals surface area contributed by atoms with Crippen molar-refractivity contribution in [3.05, 3.63) is 70.2 Å². The van der Waals surface area contributed by atoms with Crippen molar-refractivity contribution in [2.24, 2.45) is 5.73 Å². The molecule has 2 aromatic carbocycles. The molecule has 144 valence electrons. The first-order valence-corrected chi connectivity index (χ1v) is 9.76. The summed E-state index contributed by atoms with van der Waals surface area (Å²) in [4.78, 5) is 24.5. The van der Waals surface area contributed by atoms with Crippen LogP contribution in [0.15, 0.2) is 59.1 Å². The van der Waals surface area contributed by atoms with Crippen molar-refractivity contribution in [1.29, 1.82) is 0 Å². The lowest BCUT2D eigenvalue weighted by Gasteiger charge is -2.29. The number of hydrogen-bond acceptors (Lipinski definition) is 2. The smallest absolute Gasteiger partial charge is 0.407 e. The van der Waals surface area contributed by atoms with Crippen LogP contribution in [0.5, 0.6) is 0 Å². The van der Waals surface area contributed by atoms with Crippen LogP contribution in [0.3, 0.4) is 0 Å². The minimum atomic E-state index is -0.952. The number of primary amides is 1. The number of nitrogens with zero attached hydrogens (tertiary/aromatic N) is 1. The second-order valence-electron chi connectivity index (χ2n) is 6.60. The van der Waals surface area contributed by atoms with Crippen LogP contribution in [0.25, 0.3) is 0 Å². The Kier molecular flexibility index (Phi) is 7.85. The molecule has 2 amide bonds. The van der Waals surface area contributed by atoms with Gasteiger partial charge < -0.3 is 15.7 Å². The number of rotatable bonds is 9. The highest BCUT2D eigenvalue weighted by atomic mass is 79.9. The van der Waals surface area contributed by atoms with E-state index in [0.29, 0.717) is 19.4 Å². The molecule has 27 heavy (non-hydrogen) atoms. The maximum absolute atomic E-state index is 11.8. The molecule has 0 heterocycles. The van der Waals surface area contributed by atoms with Crippen molar-refractivity contribution in [1.82, 2.24) is 4.90 Å². The maximum Gasteiger partial charge on any atom is 0.407 e. The Morgan fingerprint density at radius 2 is 1.67 bits per heavy atom. The van der Waals surface area contributed by atoms with E-state index in [4.69, 9.17) is 5.73 Å². The Labute approximate surface area is 168 Å². The Balaban J connectivity index is 2.11. The number of carbonyl (C=O) groups excluding carboxylic acids is 1. The lowest BCUT2D eigenvalue weighted by molar-refractivity contribution is -0.118. The van der Waals surface area contributed by atoms with Gasteiger partial charge in [-0.15, -0.1) is 0 Å². The zero-order chi connectivity index (χ0) is 19.8. The van der Waals surface area contributed by atoms with Gasteiger partial charge in [0.05, 0.1) is 6.04 Å². The lowest BCUT2D eigenvalue weighted by atomic mass is 9.90. The molecule has 6 heteroatoms. The van der Waals surface area contributed by atoms with Gasteiger partial charge in [0.2, 0.25) is 5.91 Å². The standard InChI is InChI=1S/C21H25BrN2O3/c1-15(16-7-10-19(22)11-8-16)24(21(26)27)14-13-18(9-12-20(23)25)17-5-3-2-4-6-17/h2-8,10-11,15,18H,9,12-14H2,1H3,(H2,23,25)(H,26,27)/t15-,18-/m0/s1. The first-order valence-electron chi connectivity index (χ1n) is 8.96. The molecule has 0 aliphatic rings. The molecular formula is C21H25BrN2O3. The number of nitrogens with two attached hydrogens (primary N) is 1.